The zero-order valence-electron chi connectivity index (χ0n) is 17.9. The number of aryl methyl sites for hydroxylation is 2. The highest BCUT2D eigenvalue weighted by molar-refractivity contribution is 7.99. The number of unbranched alkanes of at least 4 members (excludes halogenated alkanes) is 1. The monoisotopic (exact) mass is 438 g/mol. The molecule has 1 heterocycles. The lowest BCUT2D eigenvalue weighted by atomic mass is 10.2. The first kappa shape index (κ1) is 22.6. The molecule has 1 N–H and O–H groups in total. The molecule has 31 heavy (non-hydrogen) atoms. The predicted molar refractivity (Wildman–Crippen MR) is 122 cm³/mol. The molecule has 1 aromatic heterocycles. The number of rotatable bonds is 9. The minimum atomic E-state index is -0.354. The van der Waals surface area contributed by atoms with Crippen molar-refractivity contribution in [2.24, 2.45) is 0 Å². The van der Waals surface area contributed by atoms with E-state index in [2.05, 4.69) is 15.5 Å². The van der Waals surface area contributed by atoms with E-state index in [4.69, 9.17) is 4.74 Å². The number of ether oxygens (including phenoxy) is 1. The van der Waals surface area contributed by atoms with Gasteiger partial charge in [0.05, 0.1) is 17.9 Å². The van der Waals surface area contributed by atoms with E-state index in [0.29, 0.717) is 23.0 Å². The number of nitrogens with zero attached hydrogens (tertiary/aromatic N) is 3. The van der Waals surface area contributed by atoms with E-state index in [1.54, 1.807) is 24.3 Å². The fraction of sp³-hybridized carbons (Fsp3) is 0.304. The van der Waals surface area contributed by atoms with Crippen LogP contribution < -0.4 is 5.32 Å². The summed E-state index contributed by atoms with van der Waals surface area (Å²) in [5.41, 5.74) is 3.21. The third-order valence-corrected chi connectivity index (χ3v) is 5.48. The summed E-state index contributed by atoms with van der Waals surface area (Å²) in [7, 11) is 0. The summed E-state index contributed by atoms with van der Waals surface area (Å²) in [6, 6.07) is 14.7. The van der Waals surface area contributed by atoms with Gasteiger partial charge in [0.2, 0.25) is 5.91 Å². The van der Waals surface area contributed by atoms with Crippen LogP contribution in [-0.2, 0) is 9.53 Å². The molecule has 0 aliphatic carbocycles. The van der Waals surface area contributed by atoms with Crippen LogP contribution in [0.15, 0.2) is 53.7 Å². The fourth-order valence-corrected chi connectivity index (χ4v) is 3.63. The number of aromatic nitrogens is 3. The van der Waals surface area contributed by atoms with E-state index in [0.717, 1.165) is 24.4 Å². The molecule has 1 amide bonds. The number of thioether (sulfide) groups is 1. The number of hydrogen-bond donors (Lipinski definition) is 1. The van der Waals surface area contributed by atoms with Crippen LogP contribution in [0.3, 0.4) is 0 Å². The zero-order chi connectivity index (χ0) is 22.2. The van der Waals surface area contributed by atoms with Crippen molar-refractivity contribution >= 4 is 29.3 Å². The lowest BCUT2D eigenvalue weighted by Crippen LogP contribution is -2.15. The van der Waals surface area contributed by atoms with Crippen molar-refractivity contribution in [1.82, 2.24) is 14.8 Å². The van der Waals surface area contributed by atoms with Crippen LogP contribution in [0.4, 0.5) is 5.69 Å². The first-order chi connectivity index (χ1) is 15.0. The van der Waals surface area contributed by atoms with Crippen LogP contribution in [0.2, 0.25) is 0 Å². The maximum atomic E-state index is 12.4. The summed E-state index contributed by atoms with van der Waals surface area (Å²) >= 11 is 1.32. The Morgan fingerprint density at radius 1 is 1.03 bits per heavy atom. The van der Waals surface area contributed by atoms with Gasteiger partial charge in [-0.15, -0.1) is 10.2 Å². The molecular weight excluding hydrogens is 412 g/mol. The van der Waals surface area contributed by atoms with Crippen molar-refractivity contribution in [3.05, 3.63) is 65.5 Å². The Bertz CT molecular complexity index is 1030. The smallest absolute Gasteiger partial charge is 0.338 e. The van der Waals surface area contributed by atoms with E-state index >= 15 is 0 Å². The summed E-state index contributed by atoms with van der Waals surface area (Å²) in [6.07, 6.45) is 1.81. The third kappa shape index (κ3) is 6.18. The summed E-state index contributed by atoms with van der Waals surface area (Å²) in [5, 5.41) is 11.8. The molecule has 3 aromatic rings. The summed E-state index contributed by atoms with van der Waals surface area (Å²) < 4.78 is 7.12. The van der Waals surface area contributed by atoms with Gasteiger partial charge >= 0.3 is 5.97 Å². The first-order valence-corrected chi connectivity index (χ1v) is 11.2. The molecule has 0 radical (unpaired) electrons. The number of anilines is 1. The predicted octanol–water partition coefficient (Wildman–Crippen LogP) is 4.57. The molecule has 0 fully saturated rings. The van der Waals surface area contributed by atoms with Crippen LogP contribution >= 0.6 is 11.8 Å². The van der Waals surface area contributed by atoms with E-state index in [9.17, 15) is 9.59 Å². The standard InChI is InChI=1S/C23H26N4O3S/c1-4-5-14-30-22(29)18-8-10-19(11-9-18)24-21(28)15-31-23-26-25-17(3)27(23)20-12-6-16(2)7-13-20/h6-13H,4-5,14-15H2,1-3H3,(H,24,28). The molecule has 0 saturated carbocycles. The zero-order valence-corrected chi connectivity index (χ0v) is 18.7. The Morgan fingerprint density at radius 3 is 2.42 bits per heavy atom. The van der Waals surface area contributed by atoms with Crippen LogP contribution in [0.1, 0.15) is 41.5 Å². The number of carbonyl (C=O) groups excluding carboxylic acids is 2. The minimum Gasteiger partial charge on any atom is -0.462 e. The van der Waals surface area contributed by atoms with Gasteiger partial charge in [0.25, 0.3) is 0 Å². The highest BCUT2D eigenvalue weighted by Gasteiger charge is 2.14. The maximum absolute atomic E-state index is 12.4. The number of hydrogen-bond acceptors (Lipinski definition) is 6. The van der Waals surface area contributed by atoms with E-state index in [1.165, 1.54) is 17.3 Å². The number of esters is 1. The second kappa shape index (κ2) is 10.8. The summed E-state index contributed by atoms with van der Waals surface area (Å²) in [4.78, 5) is 24.4. The highest BCUT2D eigenvalue weighted by Crippen LogP contribution is 2.22. The van der Waals surface area contributed by atoms with Gasteiger partial charge in [-0.3, -0.25) is 9.36 Å². The molecule has 7 nitrogen and oxygen atoms in total. The molecule has 0 spiro atoms. The molecule has 3 rings (SSSR count). The average Bonchev–Trinajstić information content (AvgIpc) is 3.14. The van der Waals surface area contributed by atoms with Gasteiger partial charge in [-0.1, -0.05) is 42.8 Å². The van der Waals surface area contributed by atoms with Crippen LogP contribution in [0, 0.1) is 13.8 Å². The molecule has 0 saturated heterocycles. The lowest BCUT2D eigenvalue weighted by Gasteiger charge is -2.09. The molecule has 0 unspecified atom stereocenters. The molecule has 8 heteroatoms. The molecule has 0 bridgehead atoms. The van der Waals surface area contributed by atoms with Gasteiger partial charge in [0.15, 0.2) is 5.16 Å². The Hall–Kier alpha value is -3.13. The summed E-state index contributed by atoms with van der Waals surface area (Å²) in [5.74, 6) is 0.422. The van der Waals surface area contributed by atoms with Gasteiger partial charge in [-0.05, 0) is 56.7 Å². The Balaban J connectivity index is 1.56. The van der Waals surface area contributed by atoms with Gasteiger partial charge in [-0.25, -0.2) is 4.79 Å². The van der Waals surface area contributed by atoms with Crippen LogP contribution in [0.5, 0.6) is 0 Å². The van der Waals surface area contributed by atoms with Crippen LogP contribution in [-0.4, -0.2) is 39.0 Å². The molecule has 0 atom stereocenters. The number of carbonyl (C=O) groups is 2. The molecule has 0 aliphatic rings. The van der Waals surface area contributed by atoms with Crippen molar-refractivity contribution in [2.45, 2.75) is 38.8 Å². The van der Waals surface area contributed by atoms with Crippen LogP contribution in [0.25, 0.3) is 5.69 Å². The van der Waals surface area contributed by atoms with Crippen molar-refractivity contribution in [3.63, 3.8) is 0 Å². The van der Waals surface area contributed by atoms with Gasteiger partial charge in [0, 0.05) is 11.4 Å². The van der Waals surface area contributed by atoms with Gasteiger partial charge in [-0.2, -0.15) is 0 Å². The SMILES string of the molecule is CCCCOC(=O)c1ccc(NC(=O)CSc2nnc(C)n2-c2ccc(C)cc2)cc1. The first-order valence-electron chi connectivity index (χ1n) is 10.2. The lowest BCUT2D eigenvalue weighted by molar-refractivity contribution is -0.113. The summed E-state index contributed by atoms with van der Waals surface area (Å²) in [6.45, 7) is 6.37. The van der Waals surface area contributed by atoms with E-state index in [1.807, 2.05) is 49.6 Å². The van der Waals surface area contributed by atoms with Crippen molar-refractivity contribution in [3.8, 4) is 5.69 Å². The third-order valence-electron chi connectivity index (χ3n) is 4.56. The fourth-order valence-electron chi connectivity index (χ4n) is 2.84. The molecular formula is C23H26N4O3S. The normalized spacial score (nSPS) is 10.7. The molecule has 2 aromatic carbocycles. The Kier molecular flexibility index (Phi) is 7.83. The van der Waals surface area contributed by atoms with Crippen molar-refractivity contribution in [2.75, 3.05) is 17.7 Å². The minimum absolute atomic E-state index is 0.167. The number of benzene rings is 2. The Labute approximate surface area is 186 Å². The molecule has 0 aliphatic heterocycles. The van der Waals surface area contributed by atoms with Crippen molar-refractivity contribution < 1.29 is 14.3 Å². The van der Waals surface area contributed by atoms with Gasteiger partial charge in [0.1, 0.15) is 5.82 Å². The van der Waals surface area contributed by atoms with Gasteiger partial charge < -0.3 is 10.1 Å². The number of nitrogens with one attached hydrogen (secondary N) is 1. The number of amides is 1. The highest BCUT2D eigenvalue weighted by atomic mass is 32.2. The second-order valence-corrected chi connectivity index (χ2v) is 8.05. The molecule has 162 valence electrons. The van der Waals surface area contributed by atoms with E-state index < -0.39 is 0 Å². The van der Waals surface area contributed by atoms with E-state index in [-0.39, 0.29) is 17.6 Å². The average molecular weight is 439 g/mol. The second-order valence-electron chi connectivity index (χ2n) is 7.10. The quantitative estimate of drug-likeness (QED) is 0.299. The topological polar surface area (TPSA) is 86.1 Å². The Morgan fingerprint density at radius 2 is 1.74 bits per heavy atom. The largest absolute Gasteiger partial charge is 0.462 e. The maximum Gasteiger partial charge on any atom is 0.338 e. The van der Waals surface area contributed by atoms with Crippen molar-refractivity contribution in [1.29, 1.82) is 0 Å².